The number of nitrogens with zero attached hydrogens (tertiary/aromatic N) is 2. The predicted octanol–water partition coefficient (Wildman–Crippen LogP) is 2.55. The molecule has 1 atom stereocenters. The molecular weight excluding hydrogens is 270 g/mol. The van der Waals surface area contributed by atoms with Gasteiger partial charge in [-0.3, -0.25) is 4.79 Å². The topological polar surface area (TPSA) is 64.1 Å². The van der Waals surface area contributed by atoms with Crippen LogP contribution in [-0.2, 0) is 9.53 Å². The van der Waals surface area contributed by atoms with Crippen LogP contribution in [0.15, 0.2) is 4.34 Å². The number of carbonyl (C=O) groups is 1. The molecule has 0 radical (unpaired) electrons. The highest BCUT2D eigenvalue weighted by Crippen LogP contribution is 2.32. The molecule has 0 saturated heterocycles. The van der Waals surface area contributed by atoms with Crippen molar-refractivity contribution in [1.29, 1.82) is 0 Å². The third-order valence-electron chi connectivity index (χ3n) is 2.37. The van der Waals surface area contributed by atoms with Crippen molar-refractivity contribution in [3.63, 3.8) is 0 Å². The summed E-state index contributed by atoms with van der Waals surface area (Å²) < 4.78 is 5.89. The number of carbonyl (C=O) groups excluding carboxylic acids is 1. The van der Waals surface area contributed by atoms with Gasteiger partial charge in [0.25, 0.3) is 0 Å². The van der Waals surface area contributed by atoms with E-state index in [4.69, 9.17) is 4.74 Å². The van der Waals surface area contributed by atoms with Crippen LogP contribution in [0.1, 0.15) is 33.1 Å². The Morgan fingerprint density at radius 1 is 1.61 bits per heavy atom. The first-order valence-electron chi connectivity index (χ1n) is 6.12. The maximum absolute atomic E-state index is 11.6. The molecule has 1 fully saturated rings. The largest absolute Gasteiger partial charge is 0.465 e. The van der Waals surface area contributed by atoms with E-state index in [0.29, 0.717) is 12.6 Å². The van der Waals surface area contributed by atoms with Crippen molar-refractivity contribution >= 4 is 34.2 Å². The standard InChI is InChI=1S/C11H17N3O2S2/c1-3-6-16-9(15)7(2)17-11-14-13-10(18-11)12-8-4-5-8/h7-8H,3-6H2,1-2H3,(H,12,13). The van der Waals surface area contributed by atoms with Crippen LogP contribution in [-0.4, -0.2) is 34.1 Å². The fraction of sp³-hybridized carbons (Fsp3) is 0.727. The summed E-state index contributed by atoms with van der Waals surface area (Å²) in [6.45, 7) is 4.29. The molecule has 0 amide bonds. The molecule has 1 aliphatic carbocycles. The number of nitrogens with one attached hydrogen (secondary N) is 1. The second kappa shape index (κ2) is 6.38. The minimum absolute atomic E-state index is 0.186. The summed E-state index contributed by atoms with van der Waals surface area (Å²) in [5, 5.41) is 12.0. The number of thioether (sulfide) groups is 1. The fourth-order valence-electron chi connectivity index (χ4n) is 1.24. The van der Waals surface area contributed by atoms with E-state index in [1.807, 2.05) is 13.8 Å². The van der Waals surface area contributed by atoms with Gasteiger partial charge in [-0.05, 0) is 26.2 Å². The highest BCUT2D eigenvalue weighted by molar-refractivity contribution is 8.02. The van der Waals surface area contributed by atoms with E-state index in [1.54, 1.807) is 0 Å². The van der Waals surface area contributed by atoms with Crippen molar-refractivity contribution in [3.8, 4) is 0 Å². The zero-order valence-corrected chi connectivity index (χ0v) is 12.1. The molecule has 1 aromatic rings. The second-order valence-electron chi connectivity index (χ2n) is 4.22. The lowest BCUT2D eigenvalue weighted by Crippen LogP contribution is -2.17. The number of hydrogen-bond acceptors (Lipinski definition) is 7. The lowest BCUT2D eigenvalue weighted by molar-refractivity contribution is -0.142. The average molecular weight is 287 g/mol. The smallest absolute Gasteiger partial charge is 0.319 e. The summed E-state index contributed by atoms with van der Waals surface area (Å²) in [7, 11) is 0. The predicted molar refractivity (Wildman–Crippen MR) is 73.1 cm³/mol. The lowest BCUT2D eigenvalue weighted by Gasteiger charge is -2.08. The van der Waals surface area contributed by atoms with Crippen LogP contribution in [0, 0.1) is 0 Å². The molecule has 7 heteroatoms. The minimum Gasteiger partial charge on any atom is -0.465 e. The molecule has 1 saturated carbocycles. The maximum atomic E-state index is 11.6. The molecule has 1 N–H and O–H groups in total. The third-order valence-corrected chi connectivity index (χ3v) is 4.39. The van der Waals surface area contributed by atoms with Crippen molar-refractivity contribution in [2.24, 2.45) is 0 Å². The first-order valence-corrected chi connectivity index (χ1v) is 7.82. The number of hydrogen-bond donors (Lipinski definition) is 1. The Morgan fingerprint density at radius 2 is 2.39 bits per heavy atom. The molecule has 0 spiro atoms. The van der Waals surface area contributed by atoms with Gasteiger partial charge in [0.1, 0.15) is 5.25 Å². The Balaban J connectivity index is 1.80. The molecule has 0 bridgehead atoms. The number of anilines is 1. The first kappa shape index (κ1) is 13.6. The van der Waals surface area contributed by atoms with Gasteiger partial charge >= 0.3 is 5.97 Å². The molecule has 1 heterocycles. The quantitative estimate of drug-likeness (QED) is 0.614. The van der Waals surface area contributed by atoms with Crippen LogP contribution in [0.3, 0.4) is 0 Å². The zero-order valence-electron chi connectivity index (χ0n) is 10.5. The number of ether oxygens (including phenoxy) is 1. The molecule has 2 rings (SSSR count). The minimum atomic E-state index is -0.238. The Kier molecular flexibility index (Phi) is 4.82. The monoisotopic (exact) mass is 287 g/mol. The van der Waals surface area contributed by atoms with E-state index in [2.05, 4.69) is 15.5 Å². The summed E-state index contributed by atoms with van der Waals surface area (Å²) >= 11 is 2.89. The number of aromatic nitrogens is 2. The zero-order chi connectivity index (χ0) is 13.0. The van der Waals surface area contributed by atoms with E-state index in [9.17, 15) is 4.79 Å². The van der Waals surface area contributed by atoms with E-state index in [1.165, 1.54) is 35.9 Å². The van der Waals surface area contributed by atoms with Crippen LogP contribution in [0.2, 0.25) is 0 Å². The van der Waals surface area contributed by atoms with Gasteiger partial charge in [0.05, 0.1) is 6.61 Å². The van der Waals surface area contributed by atoms with Crippen LogP contribution < -0.4 is 5.32 Å². The van der Waals surface area contributed by atoms with Gasteiger partial charge < -0.3 is 10.1 Å². The number of rotatable bonds is 7. The normalized spacial score (nSPS) is 16.3. The Hall–Kier alpha value is -0.820. The van der Waals surface area contributed by atoms with E-state index < -0.39 is 0 Å². The van der Waals surface area contributed by atoms with Crippen LogP contribution in [0.5, 0.6) is 0 Å². The van der Waals surface area contributed by atoms with Crippen molar-refractivity contribution in [3.05, 3.63) is 0 Å². The van der Waals surface area contributed by atoms with Gasteiger partial charge in [0.15, 0.2) is 4.34 Å². The molecule has 5 nitrogen and oxygen atoms in total. The maximum Gasteiger partial charge on any atom is 0.319 e. The van der Waals surface area contributed by atoms with Gasteiger partial charge in [0, 0.05) is 6.04 Å². The third kappa shape index (κ3) is 4.13. The molecule has 1 aliphatic rings. The van der Waals surface area contributed by atoms with Crippen molar-refractivity contribution < 1.29 is 9.53 Å². The van der Waals surface area contributed by atoms with Crippen molar-refractivity contribution in [1.82, 2.24) is 10.2 Å². The van der Waals surface area contributed by atoms with Crippen LogP contribution >= 0.6 is 23.1 Å². The SMILES string of the molecule is CCCOC(=O)C(C)Sc1nnc(NC2CC2)s1. The average Bonchev–Trinajstić information content (AvgIpc) is 3.06. The van der Waals surface area contributed by atoms with Gasteiger partial charge in [-0.15, -0.1) is 10.2 Å². The fourth-order valence-corrected chi connectivity index (χ4v) is 3.21. The second-order valence-corrected chi connectivity index (χ2v) is 6.78. The van der Waals surface area contributed by atoms with E-state index in [0.717, 1.165) is 15.9 Å². The molecule has 1 aromatic heterocycles. The van der Waals surface area contributed by atoms with E-state index in [-0.39, 0.29) is 11.2 Å². The van der Waals surface area contributed by atoms with Crippen LogP contribution in [0.4, 0.5) is 5.13 Å². The summed E-state index contributed by atoms with van der Waals surface area (Å²) in [5.41, 5.74) is 0. The Morgan fingerprint density at radius 3 is 3.06 bits per heavy atom. The molecule has 18 heavy (non-hydrogen) atoms. The van der Waals surface area contributed by atoms with Crippen molar-refractivity contribution in [2.45, 2.75) is 48.7 Å². The summed E-state index contributed by atoms with van der Waals surface area (Å²) in [4.78, 5) is 11.6. The molecule has 0 aliphatic heterocycles. The van der Waals surface area contributed by atoms with Crippen molar-refractivity contribution in [2.75, 3.05) is 11.9 Å². The molecule has 0 aromatic carbocycles. The highest BCUT2D eigenvalue weighted by atomic mass is 32.2. The Labute approximate surface area is 115 Å². The highest BCUT2D eigenvalue weighted by Gasteiger charge is 2.23. The van der Waals surface area contributed by atoms with Gasteiger partial charge in [0.2, 0.25) is 5.13 Å². The van der Waals surface area contributed by atoms with Gasteiger partial charge in [-0.2, -0.15) is 0 Å². The lowest BCUT2D eigenvalue weighted by atomic mass is 10.5. The van der Waals surface area contributed by atoms with E-state index >= 15 is 0 Å². The number of esters is 1. The first-order chi connectivity index (χ1) is 8.69. The molecule has 100 valence electrons. The Bertz CT molecular complexity index is 407. The molecule has 1 unspecified atom stereocenters. The summed E-state index contributed by atoms with van der Waals surface area (Å²) in [5.74, 6) is -0.186. The van der Waals surface area contributed by atoms with Crippen LogP contribution in [0.25, 0.3) is 0 Å². The van der Waals surface area contributed by atoms with Gasteiger partial charge in [-0.1, -0.05) is 30.0 Å². The summed E-state index contributed by atoms with van der Waals surface area (Å²) in [6.07, 6.45) is 3.26. The molecular formula is C11H17N3O2S2. The van der Waals surface area contributed by atoms with Gasteiger partial charge in [-0.25, -0.2) is 0 Å². The summed E-state index contributed by atoms with van der Waals surface area (Å²) in [6, 6.07) is 0.572.